The van der Waals surface area contributed by atoms with Gasteiger partial charge in [-0.3, -0.25) is 14.4 Å². The average molecular weight is 282 g/mol. The number of amides is 2. The summed E-state index contributed by atoms with van der Waals surface area (Å²) in [5.41, 5.74) is 0. The topological polar surface area (TPSA) is 99.9 Å². The minimum absolute atomic E-state index is 0.0491. The predicted molar refractivity (Wildman–Crippen MR) is 70.1 cm³/mol. The summed E-state index contributed by atoms with van der Waals surface area (Å²) in [5, 5.41) is 11.4. The molecule has 1 heterocycles. The van der Waals surface area contributed by atoms with Gasteiger partial charge in [0.05, 0.1) is 18.7 Å². The molecule has 1 atom stereocenters. The van der Waals surface area contributed by atoms with Crippen molar-refractivity contribution < 1.29 is 23.9 Å². The van der Waals surface area contributed by atoms with Crippen molar-refractivity contribution in [1.82, 2.24) is 10.2 Å². The second kappa shape index (κ2) is 7.32. The van der Waals surface area contributed by atoms with Gasteiger partial charge in [0.15, 0.2) is 5.76 Å². The van der Waals surface area contributed by atoms with Crippen LogP contribution in [0.3, 0.4) is 0 Å². The third-order valence-electron chi connectivity index (χ3n) is 2.85. The minimum atomic E-state index is -0.951. The normalized spacial score (nSPS) is 11.7. The molecule has 0 saturated heterocycles. The number of rotatable bonds is 7. The van der Waals surface area contributed by atoms with E-state index in [0.29, 0.717) is 6.42 Å². The number of carbonyl (C=O) groups is 3. The number of aliphatic carboxylic acids is 1. The van der Waals surface area contributed by atoms with Crippen LogP contribution in [0, 0.1) is 5.92 Å². The highest BCUT2D eigenvalue weighted by Crippen LogP contribution is 2.04. The predicted octanol–water partition coefficient (Wildman–Crippen LogP) is 0.579. The van der Waals surface area contributed by atoms with Crippen LogP contribution < -0.4 is 5.32 Å². The molecule has 2 N–H and O–H groups in total. The van der Waals surface area contributed by atoms with Crippen molar-refractivity contribution in [3.63, 3.8) is 0 Å². The number of furan rings is 1. The second-order valence-corrected chi connectivity index (χ2v) is 4.39. The largest absolute Gasteiger partial charge is 0.481 e. The van der Waals surface area contributed by atoms with E-state index in [4.69, 9.17) is 9.52 Å². The lowest BCUT2D eigenvalue weighted by Crippen LogP contribution is -2.40. The lowest BCUT2D eigenvalue weighted by Gasteiger charge is -2.16. The van der Waals surface area contributed by atoms with Gasteiger partial charge in [0.2, 0.25) is 5.91 Å². The molecule has 20 heavy (non-hydrogen) atoms. The van der Waals surface area contributed by atoms with Gasteiger partial charge in [-0.15, -0.1) is 0 Å². The molecule has 110 valence electrons. The first-order chi connectivity index (χ1) is 9.45. The molecule has 0 aromatic carbocycles. The number of nitrogens with one attached hydrogen (secondary N) is 1. The molecule has 0 fully saturated rings. The third kappa shape index (κ3) is 4.42. The van der Waals surface area contributed by atoms with Crippen molar-refractivity contribution in [2.75, 3.05) is 20.1 Å². The summed E-state index contributed by atoms with van der Waals surface area (Å²) in [5.74, 6) is -2.24. The Kier molecular flexibility index (Phi) is 5.76. The number of carbonyl (C=O) groups excluding carboxylic acids is 2. The molecular formula is C13H18N2O5. The van der Waals surface area contributed by atoms with Crippen LogP contribution in [0.2, 0.25) is 0 Å². The third-order valence-corrected chi connectivity index (χ3v) is 2.85. The molecule has 0 bridgehead atoms. The quantitative estimate of drug-likeness (QED) is 0.762. The van der Waals surface area contributed by atoms with Crippen molar-refractivity contribution >= 4 is 17.8 Å². The van der Waals surface area contributed by atoms with E-state index in [1.807, 2.05) is 0 Å². The standard InChI is InChI=1S/C13H18N2O5/c1-3-9(13(18)19)7-14-11(16)8-15(2)12(17)10-5-4-6-20-10/h4-6,9H,3,7-8H2,1-2H3,(H,14,16)(H,18,19). The molecular weight excluding hydrogens is 264 g/mol. The molecule has 2 amide bonds. The number of hydrogen-bond donors (Lipinski definition) is 2. The van der Waals surface area contributed by atoms with Gasteiger partial charge in [-0.05, 0) is 18.6 Å². The van der Waals surface area contributed by atoms with Crippen LogP contribution in [0.25, 0.3) is 0 Å². The van der Waals surface area contributed by atoms with Crippen molar-refractivity contribution in [2.24, 2.45) is 5.92 Å². The monoisotopic (exact) mass is 282 g/mol. The summed E-state index contributed by atoms with van der Waals surface area (Å²) in [6.45, 7) is 1.63. The zero-order chi connectivity index (χ0) is 15.1. The highest BCUT2D eigenvalue weighted by molar-refractivity contribution is 5.94. The zero-order valence-electron chi connectivity index (χ0n) is 11.5. The van der Waals surface area contributed by atoms with Crippen LogP contribution in [0.1, 0.15) is 23.9 Å². The molecule has 0 saturated carbocycles. The van der Waals surface area contributed by atoms with Gasteiger partial charge in [0.1, 0.15) is 0 Å². The van der Waals surface area contributed by atoms with E-state index in [1.54, 1.807) is 13.0 Å². The van der Waals surface area contributed by atoms with Gasteiger partial charge in [-0.1, -0.05) is 6.92 Å². The lowest BCUT2D eigenvalue weighted by atomic mass is 10.1. The molecule has 0 aliphatic carbocycles. The van der Waals surface area contributed by atoms with Crippen molar-refractivity contribution in [3.8, 4) is 0 Å². The van der Waals surface area contributed by atoms with E-state index in [-0.39, 0.29) is 18.8 Å². The Hall–Kier alpha value is -2.31. The van der Waals surface area contributed by atoms with Crippen molar-refractivity contribution in [3.05, 3.63) is 24.2 Å². The van der Waals surface area contributed by atoms with Gasteiger partial charge in [0, 0.05) is 13.6 Å². The van der Waals surface area contributed by atoms with E-state index in [9.17, 15) is 14.4 Å². The summed E-state index contributed by atoms with van der Waals surface area (Å²) in [7, 11) is 1.47. The maximum Gasteiger partial charge on any atom is 0.308 e. The number of hydrogen-bond acceptors (Lipinski definition) is 4. The van der Waals surface area contributed by atoms with Gasteiger partial charge >= 0.3 is 5.97 Å². The minimum Gasteiger partial charge on any atom is -0.481 e. The highest BCUT2D eigenvalue weighted by Gasteiger charge is 2.19. The van der Waals surface area contributed by atoms with E-state index in [2.05, 4.69) is 5.32 Å². The lowest BCUT2D eigenvalue weighted by molar-refractivity contribution is -0.141. The highest BCUT2D eigenvalue weighted by atomic mass is 16.4. The molecule has 1 rings (SSSR count). The maximum absolute atomic E-state index is 11.8. The Labute approximate surface area is 116 Å². The van der Waals surface area contributed by atoms with Crippen LogP contribution in [0.15, 0.2) is 22.8 Å². The Morgan fingerprint density at radius 3 is 2.65 bits per heavy atom. The molecule has 0 spiro atoms. The second-order valence-electron chi connectivity index (χ2n) is 4.39. The molecule has 1 unspecified atom stereocenters. The molecule has 0 radical (unpaired) electrons. The zero-order valence-corrected chi connectivity index (χ0v) is 11.5. The Bertz CT molecular complexity index is 469. The first-order valence-corrected chi connectivity index (χ1v) is 6.24. The fourth-order valence-corrected chi connectivity index (χ4v) is 1.57. The Balaban J connectivity index is 2.42. The van der Waals surface area contributed by atoms with E-state index >= 15 is 0 Å². The van der Waals surface area contributed by atoms with Crippen LogP contribution >= 0.6 is 0 Å². The Morgan fingerprint density at radius 1 is 1.45 bits per heavy atom. The van der Waals surface area contributed by atoms with E-state index in [0.717, 1.165) is 0 Å². The van der Waals surface area contributed by atoms with E-state index < -0.39 is 23.7 Å². The number of likely N-dealkylation sites (N-methyl/N-ethyl adjacent to an activating group) is 1. The molecule has 0 aliphatic heterocycles. The number of carboxylic acids is 1. The summed E-state index contributed by atoms with van der Waals surface area (Å²) < 4.78 is 4.94. The van der Waals surface area contributed by atoms with Crippen molar-refractivity contribution in [2.45, 2.75) is 13.3 Å². The smallest absolute Gasteiger partial charge is 0.308 e. The molecule has 1 aromatic rings. The van der Waals surface area contributed by atoms with Gasteiger partial charge in [0.25, 0.3) is 5.91 Å². The SMILES string of the molecule is CCC(CNC(=O)CN(C)C(=O)c1ccco1)C(=O)O. The fourth-order valence-electron chi connectivity index (χ4n) is 1.57. The summed E-state index contributed by atoms with van der Waals surface area (Å²) in [6.07, 6.45) is 1.80. The van der Waals surface area contributed by atoms with E-state index in [1.165, 1.54) is 24.3 Å². The average Bonchev–Trinajstić information content (AvgIpc) is 2.91. The summed E-state index contributed by atoms with van der Waals surface area (Å²) >= 11 is 0. The van der Waals surface area contributed by atoms with Gasteiger partial charge in [-0.25, -0.2) is 0 Å². The van der Waals surface area contributed by atoms with Crippen molar-refractivity contribution in [1.29, 1.82) is 0 Å². The molecule has 0 aliphatic rings. The fraction of sp³-hybridized carbons (Fsp3) is 0.462. The summed E-state index contributed by atoms with van der Waals surface area (Å²) in [6, 6.07) is 3.09. The van der Waals surface area contributed by atoms with Crippen LogP contribution in [-0.2, 0) is 9.59 Å². The van der Waals surface area contributed by atoms with Gasteiger partial charge < -0.3 is 19.7 Å². The van der Waals surface area contributed by atoms with Crippen LogP contribution in [0.5, 0.6) is 0 Å². The van der Waals surface area contributed by atoms with Crippen LogP contribution in [-0.4, -0.2) is 47.9 Å². The Morgan fingerprint density at radius 2 is 2.15 bits per heavy atom. The molecule has 7 nitrogen and oxygen atoms in total. The molecule has 1 aromatic heterocycles. The summed E-state index contributed by atoms with van der Waals surface area (Å²) in [4.78, 5) is 35.4. The maximum atomic E-state index is 11.8. The molecule has 7 heteroatoms. The van der Waals surface area contributed by atoms with Crippen LogP contribution in [0.4, 0.5) is 0 Å². The van der Waals surface area contributed by atoms with Gasteiger partial charge in [-0.2, -0.15) is 0 Å². The first-order valence-electron chi connectivity index (χ1n) is 6.24. The number of nitrogens with zero attached hydrogens (tertiary/aromatic N) is 1. The number of carboxylic acid groups (broad SMARTS) is 1. The first kappa shape index (κ1) is 15.7.